The van der Waals surface area contributed by atoms with Crippen molar-refractivity contribution < 1.29 is 9.90 Å². The standard InChI is InChI=1S/C13H14N2O2/c1-9(2)15-12(7-8-14-15)10-3-5-11(6-4-10)13(16)17/h3-9H,1-2H3,(H,16,17). The molecule has 1 N–H and O–H groups in total. The highest BCUT2D eigenvalue weighted by Gasteiger charge is 2.09. The highest BCUT2D eigenvalue weighted by atomic mass is 16.4. The lowest BCUT2D eigenvalue weighted by molar-refractivity contribution is 0.0697. The predicted octanol–water partition coefficient (Wildman–Crippen LogP) is 2.83. The van der Waals surface area contributed by atoms with Crippen molar-refractivity contribution in [1.82, 2.24) is 9.78 Å². The molecule has 0 aliphatic carbocycles. The molecule has 0 bridgehead atoms. The van der Waals surface area contributed by atoms with Crippen LogP contribution >= 0.6 is 0 Å². The SMILES string of the molecule is CC(C)n1nccc1-c1ccc(C(=O)O)cc1. The van der Waals surface area contributed by atoms with Crippen LogP contribution in [0.2, 0.25) is 0 Å². The van der Waals surface area contributed by atoms with Crippen LogP contribution in [-0.2, 0) is 0 Å². The fourth-order valence-corrected chi connectivity index (χ4v) is 1.74. The Labute approximate surface area is 99.5 Å². The van der Waals surface area contributed by atoms with Crippen LogP contribution in [-0.4, -0.2) is 20.9 Å². The van der Waals surface area contributed by atoms with Crippen LogP contribution in [0.15, 0.2) is 36.5 Å². The third-order valence-corrected chi connectivity index (χ3v) is 2.59. The Balaban J connectivity index is 2.40. The molecule has 0 spiro atoms. The predicted molar refractivity (Wildman–Crippen MR) is 65.0 cm³/mol. The van der Waals surface area contributed by atoms with Gasteiger partial charge < -0.3 is 5.11 Å². The molecule has 0 fully saturated rings. The zero-order chi connectivity index (χ0) is 12.4. The molecule has 1 aromatic heterocycles. The molecule has 2 aromatic rings. The minimum atomic E-state index is -0.908. The van der Waals surface area contributed by atoms with Crippen LogP contribution in [0.3, 0.4) is 0 Å². The second-order valence-electron chi connectivity index (χ2n) is 4.14. The Bertz CT molecular complexity index is 527. The van der Waals surface area contributed by atoms with Gasteiger partial charge in [0.05, 0.1) is 11.3 Å². The summed E-state index contributed by atoms with van der Waals surface area (Å²) in [4.78, 5) is 10.8. The number of aromatic nitrogens is 2. The van der Waals surface area contributed by atoms with E-state index in [1.165, 1.54) is 0 Å². The zero-order valence-electron chi connectivity index (χ0n) is 9.79. The summed E-state index contributed by atoms with van der Waals surface area (Å²) < 4.78 is 1.91. The van der Waals surface area contributed by atoms with Crippen molar-refractivity contribution in [3.63, 3.8) is 0 Å². The van der Waals surface area contributed by atoms with E-state index in [9.17, 15) is 4.79 Å². The lowest BCUT2D eigenvalue weighted by Crippen LogP contribution is -2.04. The average Bonchev–Trinajstić information content (AvgIpc) is 2.78. The van der Waals surface area contributed by atoms with E-state index < -0.39 is 5.97 Å². The van der Waals surface area contributed by atoms with Crippen LogP contribution in [0, 0.1) is 0 Å². The van der Waals surface area contributed by atoms with E-state index in [0.717, 1.165) is 11.3 Å². The molecule has 0 unspecified atom stereocenters. The molecule has 0 saturated heterocycles. The summed E-state index contributed by atoms with van der Waals surface area (Å²) in [5.74, 6) is -0.908. The quantitative estimate of drug-likeness (QED) is 0.882. The van der Waals surface area contributed by atoms with E-state index >= 15 is 0 Å². The highest BCUT2D eigenvalue weighted by molar-refractivity contribution is 5.88. The molecule has 0 aliphatic heterocycles. The maximum atomic E-state index is 10.8. The van der Waals surface area contributed by atoms with Gasteiger partial charge in [-0.15, -0.1) is 0 Å². The number of carboxylic acids is 1. The van der Waals surface area contributed by atoms with Gasteiger partial charge in [-0.3, -0.25) is 4.68 Å². The first kappa shape index (κ1) is 11.4. The summed E-state index contributed by atoms with van der Waals surface area (Å²) in [6, 6.07) is 9.03. The van der Waals surface area contributed by atoms with Crippen LogP contribution in [0.25, 0.3) is 11.3 Å². The normalized spacial score (nSPS) is 10.8. The van der Waals surface area contributed by atoms with E-state index in [1.807, 2.05) is 10.7 Å². The molecule has 0 aliphatic rings. The summed E-state index contributed by atoms with van der Waals surface area (Å²) in [5, 5.41) is 13.1. The number of carbonyl (C=O) groups is 1. The fraction of sp³-hybridized carbons (Fsp3) is 0.231. The third kappa shape index (κ3) is 2.20. The second kappa shape index (κ2) is 4.41. The maximum absolute atomic E-state index is 10.8. The molecule has 4 heteroatoms. The van der Waals surface area contributed by atoms with E-state index in [4.69, 9.17) is 5.11 Å². The molecule has 17 heavy (non-hydrogen) atoms. The van der Waals surface area contributed by atoms with Gasteiger partial charge in [0.2, 0.25) is 0 Å². The molecule has 0 saturated carbocycles. The van der Waals surface area contributed by atoms with Crippen molar-refractivity contribution >= 4 is 5.97 Å². The molecule has 0 radical (unpaired) electrons. The Morgan fingerprint density at radius 1 is 1.24 bits per heavy atom. The number of aromatic carboxylic acids is 1. The van der Waals surface area contributed by atoms with Gasteiger partial charge in [-0.05, 0) is 37.6 Å². The van der Waals surface area contributed by atoms with Crippen molar-refractivity contribution in [3.8, 4) is 11.3 Å². The number of hydrogen-bond donors (Lipinski definition) is 1. The van der Waals surface area contributed by atoms with Gasteiger partial charge in [-0.25, -0.2) is 4.79 Å². The highest BCUT2D eigenvalue weighted by Crippen LogP contribution is 2.22. The lowest BCUT2D eigenvalue weighted by atomic mass is 10.1. The fourth-order valence-electron chi connectivity index (χ4n) is 1.74. The molecular formula is C13H14N2O2. The van der Waals surface area contributed by atoms with Crippen LogP contribution < -0.4 is 0 Å². The van der Waals surface area contributed by atoms with Crippen molar-refractivity contribution in [2.45, 2.75) is 19.9 Å². The Kier molecular flexibility index (Phi) is 2.95. The molecule has 1 aromatic carbocycles. The third-order valence-electron chi connectivity index (χ3n) is 2.59. The molecule has 2 rings (SSSR count). The van der Waals surface area contributed by atoms with Gasteiger partial charge in [-0.2, -0.15) is 5.10 Å². The van der Waals surface area contributed by atoms with E-state index in [0.29, 0.717) is 5.56 Å². The molecule has 0 amide bonds. The number of hydrogen-bond acceptors (Lipinski definition) is 2. The van der Waals surface area contributed by atoms with Crippen molar-refractivity contribution in [3.05, 3.63) is 42.1 Å². The molecule has 88 valence electrons. The van der Waals surface area contributed by atoms with Crippen molar-refractivity contribution in [2.75, 3.05) is 0 Å². The first-order chi connectivity index (χ1) is 8.09. The largest absolute Gasteiger partial charge is 0.478 e. The summed E-state index contributed by atoms with van der Waals surface area (Å²) in [6.07, 6.45) is 1.75. The van der Waals surface area contributed by atoms with Gasteiger partial charge in [0.1, 0.15) is 0 Å². The van der Waals surface area contributed by atoms with Crippen molar-refractivity contribution in [2.24, 2.45) is 0 Å². The van der Waals surface area contributed by atoms with Crippen LogP contribution in [0.5, 0.6) is 0 Å². The smallest absolute Gasteiger partial charge is 0.335 e. The van der Waals surface area contributed by atoms with Crippen molar-refractivity contribution in [1.29, 1.82) is 0 Å². The van der Waals surface area contributed by atoms with Gasteiger partial charge in [-0.1, -0.05) is 12.1 Å². The summed E-state index contributed by atoms with van der Waals surface area (Å²) in [6.45, 7) is 4.12. The molecule has 0 atom stereocenters. The molecular weight excluding hydrogens is 216 g/mol. The molecule has 4 nitrogen and oxygen atoms in total. The number of benzene rings is 1. The van der Waals surface area contributed by atoms with Gasteiger partial charge in [0.25, 0.3) is 0 Å². The van der Waals surface area contributed by atoms with Crippen LogP contribution in [0.4, 0.5) is 0 Å². The van der Waals surface area contributed by atoms with Crippen LogP contribution in [0.1, 0.15) is 30.2 Å². The van der Waals surface area contributed by atoms with E-state index in [-0.39, 0.29) is 6.04 Å². The Hall–Kier alpha value is -2.10. The minimum Gasteiger partial charge on any atom is -0.478 e. The first-order valence-electron chi connectivity index (χ1n) is 5.47. The van der Waals surface area contributed by atoms with Gasteiger partial charge in [0.15, 0.2) is 0 Å². The van der Waals surface area contributed by atoms with Gasteiger partial charge >= 0.3 is 5.97 Å². The van der Waals surface area contributed by atoms with E-state index in [1.54, 1.807) is 30.5 Å². The Morgan fingerprint density at radius 2 is 1.88 bits per heavy atom. The summed E-state index contributed by atoms with van der Waals surface area (Å²) in [5.41, 5.74) is 2.27. The van der Waals surface area contributed by atoms with Gasteiger partial charge in [0, 0.05) is 12.2 Å². The number of carboxylic acid groups (broad SMARTS) is 1. The first-order valence-corrected chi connectivity index (χ1v) is 5.47. The second-order valence-corrected chi connectivity index (χ2v) is 4.14. The van der Waals surface area contributed by atoms with E-state index in [2.05, 4.69) is 18.9 Å². The average molecular weight is 230 g/mol. The topological polar surface area (TPSA) is 55.1 Å². The summed E-state index contributed by atoms with van der Waals surface area (Å²) in [7, 11) is 0. The summed E-state index contributed by atoms with van der Waals surface area (Å²) >= 11 is 0. The molecule has 1 heterocycles. The Morgan fingerprint density at radius 3 is 2.41 bits per heavy atom. The lowest BCUT2D eigenvalue weighted by Gasteiger charge is -2.10. The maximum Gasteiger partial charge on any atom is 0.335 e. The monoisotopic (exact) mass is 230 g/mol. The number of rotatable bonds is 3. The zero-order valence-corrected chi connectivity index (χ0v) is 9.79. The minimum absolute atomic E-state index is 0.277. The number of nitrogens with zero attached hydrogens (tertiary/aromatic N) is 2.